The number of anilines is 1. The van der Waals surface area contributed by atoms with Gasteiger partial charge in [0.1, 0.15) is 11.6 Å². The van der Waals surface area contributed by atoms with E-state index in [0.29, 0.717) is 0 Å². The number of aromatic carboxylic acids is 1. The van der Waals surface area contributed by atoms with Gasteiger partial charge in [0, 0.05) is 12.5 Å². The molecule has 4 nitrogen and oxygen atoms in total. The number of rotatable bonds is 6. The Morgan fingerprint density at radius 2 is 2.25 bits per heavy atom. The maximum Gasteiger partial charge on any atom is 0.335 e. The second kappa shape index (κ2) is 6.23. The molecule has 1 atom stereocenters. The SMILES string of the molecule is CC(CCc1ccco1)Nc1cc(C(=O)O)ccc1F. The molecule has 1 aromatic heterocycles. The fraction of sp³-hybridized carbons (Fsp3) is 0.267. The van der Waals surface area contributed by atoms with Crippen LogP contribution >= 0.6 is 0 Å². The first-order valence-corrected chi connectivity index (χ1v) is 6.38. The Balaban J connectivity index is 1.98. The van der Waals surface area contributed by atoms with Crippen molar-refractivity contribution in [3.05, 3.63) is 53.7 Å². The van der Waals surface area contributed by atoms with E-state index in [1.807, 2.05) is 19.1 Å². The second-order valence-electron chi connectivity index (χ2n) is 4.66. The monoisotopic (exact) mass is 277 g/mol. The third-order valence-corrected chi connectivity index (χ3v) is 3.02. The molecule has 1 unspecified atom stereocenters. The van der Waals surface area contributed by atoms with Gasteiger partial charge >= 0.3 is 5.97 Å². The standard InChI is InChI=1S/C15H16FNO3/c1-10(4-6-12-3-2-8-20-12)17-14-9-11(15(18)19)5-7-13(14)16/h2-3,5,7-10,17H,4,6H2,1H3,(H,18,19). The molecule has 0 fully saturated rings. The van der Waals surface area contributed by atoms with Crippen LogP contribution in [0.2, 0.25) is 0 Å². The number of hydrogen-bond donors (Lipinski definition) is 2. The van der Waals surface area contributed by atoms with Gasteiger partial charge in [-0.15, -0.1) is 0 Å². The number of carboxylic acids is 1. The smallest absolute Gasteiger partial charge is 0.335 e. The Kier molecular flexibility index (Phi) is 4.40. The normalized spacial score (nSPS) is 12.1. The van der Waals surface area contributed by atoms with Crippen molar-refractivity contribution in [1.29, 1.82) is 0 Å². The van der Waals surface area contributed by atoms with Gasteiger partial charge in [0.15, 0.2) is 0 Å². The van der Waals surface area contributed by atoms with Crippen molar-refractivity contribution in [3.8, 4) is 0 Å². The van der Waals surface area contributed by atoms with Crippen LogP contribution in [0.3, 0.4) is 0 Å². The highest BCUT2D eigenvalue weighted by Gasteiger charge is 2.11. The number of benzene rings is 1. The highest BCUT2D eigenvalue weighted by Crippen LogP contribution is 2.18. The Bertz CT molecular complexity index is 581. The summed E-state index contributed by atoms with van der Waals surface area (Å²) in [4.78, 5) is 10.9. The minimum Gasteiger partial charge on any atom is -0.478 e. The quantitative estimate of drug-likeness (QED) is 0.847. The molecule has 0 bridgehead atoms. The van der Waals surface area contributed by atoms with E-state index in [9.17, 15) is 9.18 Å². The molecule has 0 aliphatic heterocycles. The van der Waals surface area contributed by atoms with E-state index in [1.54, 1.807) is 6.26 Å². The number of carbonyl (C=O) groups is 1. The fourth-order valence-corrected chi connectivity index (χ4v) is 1.92. The van der Waals surface area contributed by atoms with Crippen LogP contribution in [-0.2, 0) is 6.42 Å². The average Bonchev–Trinajstić information content (AvgIpc) is 2.92. The summed E-state index contributed by atoms with van der Waals surface area (Å²) in [6, 6.07) is 7.42. The van der Waals surface area contributed by atoms with E-state index >= 15 is 0 Å². The van der Waals surface area contributed by atoms with Crippen LogP contribution in [0.25, 0.3) is 0 Å². The van der Waals surface area contributed by atoms with Crippen molar-refractivity contribution in [2.24, 2.45) is 0 Å². The zero-order chi connectivity index (χ0) is 14.5. The van der Waals surface area contributed by atoms with Gasteiger partial charge in [-0.1, -0.05) is 0 Å². The van der Waals surface area contributed by atoms with E-state index in [-0.39, 0.29) is 17.3 Å². The molecular formula is C15H16FNO3. The molecule has 2 aromatic rings. The lowest BCUT2D eigenvalue weighted by atomic mass is 10.1. The minimum atomic E-state index is -1.07. The van der Waals surface area contributed by atoms with E-state index in [0.717, 1.165) is 24.7 Å². The summed E-state index contributed by atoms with van der Waals surface area (Å²) >= 11 is 0. The molecule has 0 saturated carbocycles. The molecular weight excluding hydrogens is 261 g/mol. The highest BCUT2D eigenvalue weighted by atomic mass is 19.1. The summed E-state index contributed by atoms with van der Waals surface area (Å²) in [5, 5.41) is 11.9. The Morgan fingerprint density at radius 1 is 1.45 bits per heavy atom. The lowest BCUT2D eigenvalue weighted by Gasteiger charge is -2.15. The Hall–Kier alpha value is -2.30. The number of hydrogen-bond acceptors (Lipinski definition) is 3. The zero-order valence-corrected chi connectivity index (χ0v) is 11.1. The molecule has 2 N–H and O–H groups in total. The predicted octanol–water partition coefficient (Wildman–Crippen LogP) is 3.55. The molecule has 0 aliphatic carbocycles. The lowest BCUT2D eigenvalue weighted by molar-refractivity contribution is 0.0697. The average molecular weight is 277 g/mol. The maximum atomic E-state index is 13.6. The largest absolute Gasteiger partial charge is 0.478 e. The zero-order valence-electron chi connectivity index (χ0n) is 11.1. The summed E-state index contributed by atoms with van der Waals surface area (Å²) in [5.74, 6) is -0.658. The van der Waals surface area contributed by atoms with Crippen molar-refractivity contribution >= 4 is 11.7 Å². The third-order valence-electron chi connectivity index (χ3n) is 3.02. The number of halogens is 1. The molecule has 1 aromatic carbocycles. The molecule has 106 valence electrons. The summed E-state index contributed by atoms with van der Waals surface area (Å²) in [6.45, 7) is 1.91. The van der Waals surface area contributed by atoms with E-state index in [2.05, 4.69) is 5.32 Å². The summed E-state index contributed by atoms with van der Waals surface area (Å²) in [7, 11) is 0. The predicted molar refractivity (Wildman–Crippen MR) is 73.5 cm³/mol. The number of furan rings is 1. The van der Waals surface area contributed by atoms with Crippen LogP contribution in [0.15, 0.2) is 41.0 Å². The van der Waals surface area contributed by atoms with Crippen molar-refractivity contribution in [2.75, 3.05) is 5.32 Å². The Labute approximate surface area is 116 Å². The van der Waals surface area contributed by atoms with Gasteiger partial charge in [0.05, 0.1) is 17.5 Å². The molecule has 0 aliphatic rings. The second-order valence-corrected chi connectivity index (χ2v) is 4.66. The van der Waals surface area contributed by atoms with Gasteiger partial charge in [-0.25, -0.2) is 9.18 Å². The molecule has 2 rings (SSSR count). The van der Waals surface area contributed by atoms with Gasteiger partial charge in [0.2, 0.25) is 0 Å². The number of aryl methyl sites for hydroxylation is 1. The summed E-state index contributed by atoms with van der Waals surface area (Å²) < 4.78 is 18.9. The maximum absolute atomic E-state index is 13.6. The molecule has 5 heteroatoms. The molecule has 0 saturated heterocycles. The van der Waals surface area contributed by atoms with Gasteiger partial charge in [-0.05, 0) is 43.7 Å². The number of nitrogens with one attached hydrogen (secondary N) is 1. The van der Waals surface area contributed by atoms with Crippen LogP contribution in [0, 0.1) is 5.82 Å². The molecule has 1 heterocycles. The summed E-state index contributed by atoms with van der Waals surface area (Å²) in [6.07, 6.45) is 3.11. The first-order chi connectivity index (χ1) is 9.56. The third kappa shape index (κ3) is 3.60. The van der Waals surface area contributed by atoms with Crippen molar-refractivity contribution < 1.29 is 18.7 Å². The summed E-state index contributed by atoms with van der Waals surface area (Å²) in [5.41, 5.74) is 0.268. The van der Waals surface area contributed by atoms with Crippen molar-refractivity contribution in [2.45, 2.75) is 25.8 Å². The molecule has 0 amide bonds. The topological polar surface area (TPSA) is 62.5 Å². The van der Waals surface area contributed by atoms with E-state index < -0.39 is 11.8 Å². The first-order valence-electron chi connectivity index (χ1n) is 6.38. The lowest BCUT2D eigenvalue weighted by Crippen LogP contribution is -2.17. The van der Waals surface area contributed by atoms with Crippen LogP contribution in [0.5, 0.6) is 0 Å². The van der Waals surface area contributed by atoms with Gasteiger partial charge in [-0.3, -0.25) is 0 Å². The van der Waals surface area contributed by atoms with Gasteiger partial charge in [0.25, 0.3) is 0 Å². The van der Waals surface area contributed by atoms with Gasteiger partial charge in [-0.2, -0.15) is 0 Å². The van der Waals surface area contributed by atoms with Crippen LogP contribution < -0.4 is 5.32 Å². The Morgan fingerprint density at radius 3 is 2.90 bits per heavy atom. The van der Waals surface area contributed by atoms with E-state index in [4.69, 9.17) is 9.52 Å². The van der Waals surface area contributed by atoms with E-state index in [1.165, 1.54) is 12.1 Å². The molecule has 0 radical (unpaired) electrons. The first kappa shape index (κ1) is 14.1. The molecule has 0 spiro atoms. The minimum absolute atomic E-state index is 0.00125. The van der Waals surface area contributed by atoms with Crippen molar-refractivity contribution in [1.82, 2.24) is 0 Å². The molecule has 20 heavy (non-hydrogen) atoms. The fourth-order valence-electron chi connectivity index (χ4n) is 1.92. The highest BCUT2D eigenvalue weighted by molar-refractivity contribution is 5.88. The van der Waals surface area contributed by atoms with Crippen LogP contribution in [0.1, 0.15) is 29.5 Å². The van der Waals surface area contributed by atoms with Crippen LogP contribution in [-0.4, -0.2) is 17.1 Å². The van der Waals surface area contributed by atoms with Crippen LogP contribution in [0.4, 0.5) is 10.1 Å². The number of carboxylic acid groups (broad SMARTS) is 1. The van der Waals surface area contributed by atoms with Crippen molar-refractivity contribution in [3.63, 3.8) is 0 Å². The van der Waals surface area contributed by atoms with Gasteiger partial charge < -0.3 is 14.8 Å².